The van der Waals surface area contributed by atoms with E-state index in [9.17, 15) is 0 Å². The molecular formula is C10H15N5OS. The van der Waals surface area contributed by atoms with Crippen molar-refractivity contribution in [3.8, 4) is 0 Å². The molecule has 0 bridgehead atoms. The Morgan fingerprint density at radius 3 is 2.76 bits per heavy atom. The normalized spacial score (nSPS) is 13.6. The highest BCUT2D eigenvalue weighted by Crippen LogP contribution is 2.26. The summed E-state index contributed by atoms with van der Waals surface area (Å²) in [6, 6.07) is 0.0959. The van der Waals surface area contributed by atoms with Crippen LogP contribution in [-0.4, -0.2) is 15.2 Å². The summed E-state index contributed by atoms with van der Waals surface area (Å²) in [6.45, 7) is 5.80. The van der Waals surface area contributed by atoms with Crippen LogP contribution < -0.4 is 11.1 Å². The smallest absolute Gasteiger partial charge is 0.316 e. The lowest BCUT2D eigenvalue weighted by Crippen LogP contribution is -2.27. The second-order valence-electron chi connectivity index (χ2n) is 4.32. The van der Waals surface area contributed by atoms with Crippen LogP contribution >= 0.6 is 11.3 Å². The van der Waals surface area contributed by atoms with Crippen molar-refractivity contribution in [3.05, 3.63) is 22.5 Å². The van der Waals surface area contributed by atoms with Gasteiger partial charge in [0.05, 0.1) is 11.6 Å². The van der Waals surface area contributed by atoms with E-state index in [0.29, 0.717) is 11.9 Å². The average Bonchev–Trinajstić information content (AvgIpc) is 2.85. The molecule has 0 aliphatic carbocycles. The Morgan fingerprint density at radius 1 is 1.47 bits per heavy atom. The topological polar surface area (TPSA) is 89.9 Å². The van der Waals surface area contributed by atoms with Gasteiger partial charge in [0, 0.05) is 11.6 Å². The highest BCUT2D eigenvalue weighted by Gasteiger charge is 2.25. The number of anilines is 1. The molecule has 0 saturated heterocycles. The minimum atomic E-state index is -0.351. The molecule has 2 rings (SSSR count). The maximum absolute atomic E-state index is 5.65. The standard InChI is InChI=1S/C10H15N5OS/c1-6(11)7-14-15-9(16-7)13-10(2,3)8-12-4-5-17-8/h4-6H,11H2,1-3H3,(H,13,15). The molecule has 6 nitrogen and oxygen atoms in total. The maximum Gasteiger partial charge on any atom is 0.316 e. The van der Waals surface area contributed by atoms with Gasteiger partial charge in [0.15, 0.2) is 0 Å². The van der Waals surface area contributed by atoms with Crippen molar-refractivity contribution in [1.29, 1.82) is 0 Å². The van der Waals surface area contributed by atoms with Crippen LogP contribution in [-0.2, 0) is 5.54 Å². The first-order valence-electron chi connectivity index (χ1n) is 5.26. The van der Waals surface area contributed by atoms with E-state index in [-0.39, 0.29) is 11.6 Å². The molecule has 0 radical (unpaired) electrons. The molecule has 0 aromatic carbocycles. The molecule has 17 heavy (non-hydrogen) atoms. The van der Waals surface area contributed by atoms with Gasteiger partial charge in [-0.25, -0.2) is 4.98 Å². The minimum absolute atomic E-state index is 0.263. The number of hydrogen-bond acceptors (Lipinski definition) is 7. The number of aromatic nitrogens is 3. The Kier molecular flexibility index (Phi) is 3.12. The molecule has 7 heteroatoms. The Balaban J connectivity index is 2.14. The maximum atomic E-state index is 5.65. The van der Waals surface area contributed by atoms with Gasteiger partial charge in [-0.1, -0.05) is 5.10 Å². The molecule has 0 aliphatic rings. The summed E-state index contributed by atoms with van der Waals surface area (Å²) < 4.78 is 5.40. The Bertz CT molecular complexity index is 477. The van der Waals surface area contributed by atoms with Crippen LogP contribution in [0.4, 0.5) is 6.01 Å². The van der Waals surface area contributed by atoms with E-state index in [0.717, 1.165) is 5.01 Å². The summed E-state index contributed by atoms with van der Waals surface area (Å²) in [5, 5.41) is 13.8. The van der Waals surface area contributed by atoms with E-state index in [1.807, 2.05) is 19.2 Å². The number of nitrogens with zero attached hydrogens (tertiary/aromatic N) is 3. The molecule has 92 valence electrons. The molecule has 0 saturated carbocycles. The van der Waals surface area contributed by atoms with Crippen molar-refractivity contribution in [2.45, 2.75) is 32.4 Å². The first-order chi connectivity index (χ1) is 7.99. The fraction of sp³-hybridized carbons (Fsp3) is 0.500. The highest BCUT2D eigenvalue weighted by atomic mass is 32.1. The summed E-state index contributed by atoms with van der Waals surface area (Å²) >= 11 is 1.57. The van der Waals surface area contributed by atoms with E-state index in [1.165, 1.54) is 0 Å². The van der Waals surface area contributed by atoms with Gasteiger partial charge in [-0.05, 0) is 20.8 Å². The van der Waals surface area contributed by atoms with E-state index >= 15 is 0 Å². The van der Waals surface area contributed by atoms with Crippen molar-refractivity contribution >= 4 is 17.4 Å². The molecule has 0 amide bonds. The first kappa shape index (κ1) is 12.0. The first-order valence-corrected chi connectivity index (χ1v) is 6.14. The van der Waals surface area contributed by atoms with Gasteiger partial charge in [-0.3, -0.25) is 0 Å². The van der Waals surface area contributed by atoms with E-state index in [4.69, 9.17) is 10.2 Å². The monoisotopic (exact) mass is 253 g/mol. The molecule has 0 aliphatic heterocycles. The number of thiazole rings is 1. The zero-order valence-electron chi connectivity index (χ0n) is 9.97. The molecule has 2 aromatic rings. The van der Waals surface area contributed by atoms with Crippen LogP contribution in [0, 0.1) is 0 Å². The van der Waals surface area contributed by atoms with Crippen molar-refractivity contribution in [3.63, 3.8) is 0 Å². The third-order valence-electron chi connectivity index (χ3n) is 2.22. The molecule has 3 N–H and O–H groups in total. The van der Waals surface area contributed by atoms with Crippen LogP contribution in [0.25, 0.3) is 0 Å². The Labute approximate surface area is 103 Å². The van der Waals surface area contributed by atoms with Crippen LogP contribution in [0.15, 0.2) is 16.0 Å². The largest absolute Gasteiger partial charge is 0.406 e. The lowest BCUT2D eigenvalue weighted by Gasteiger charge is -2.21. The van der Waals surface area contributed by atoms with Gasteiger partial charge in [-0.15, -0.1) is 16.4 Å². The lowest BCUT2D eigenvalue weighted by atomic mass is 10.1. The fourth-order valence-corrected chi connectivity index (χ4v) is 2.04. The van der Waals surface area contributed by atoms with Crippen molar-refractivity contribution in [1.82, 2.24) is 15.2 Å². The summed E-state index contributed by atoms with van der Waals surface area (Å²) in [5.41, 5.74) is 5.30. The van der Waals surface area contributed by atoms with E-state index < -0.39 is 0 Å². The van der Waals surface area contributed by atoms with Gasteiger partial charge >= 0.3 is 6.01 Å². The molecular weight excluding hydrogens is 238 g/mol. The second kappa shape index (κ2) is 4.42. The second-order valence-corrected chi connectivity index (χ2v) is 5.22. The minimum Gasteiger partial charge on any atom is -0.406 e. The zero-order chi connectivity index (χ0) is 12.5. The summed E-state index contributed by atoms with van der Waals surface area (Å²) in [6.07, 6.45) is 1.77. The fourth-order valence-electron chi connectivity index (χ4n) is 1.32. The summed E-state index contributed by atoms with van der Waals surface area (Å²) in [4.78, 5) is 4.27. The number of nitrogens with one attached hydrogen (secondary N) is 1. The number of rotatable bonds is 4. The number of nitrogens with two attached hydrogens (primary N) is 1. The van der Waals surface area contributed by atoms with Gasteiger partial charge in [-0.2, -0.15) is 0 Å². The quantitative estimate of drug-likeness (QED) is 0.864. The van der Waals surface area contributed by atoms with Crippen LogP contribution in [0.2, 0.25) is 0 Å². The Hall–Kier alpha value is -1.47. The van der Waals surface area contributed by atoms with E-state index in [1.54, 1.807) is 24.5 Å². The molecule has 0 fully saturated rings. The van der Waals surface area contributed by atoms with Crippen molar-refractivity contribution < 1.29 is 4.42 Å². The highest BCUT2D eigenvalue weighted by molar-refractivity contribution is 7.09. The van der Waals surface area contributed by atoms with Crippen LogP contribution in [0.1, 0.15) is 37.7 Å². The van der Waals surface area contributed by atoms with Crippen LogP contribution in [0.3, 0.4) is 0 Å². The number of hydrogen-bond donors (Lipinski definition) is 2. The zero-order valence-corrected chi connectivity index (χ0v) is 10.8. The third-order valence-corrected chi connectivity index (χ3v) is 3.31. The van der Waals surface area contributed by atoms with Crippen molar-refractivity contribution in [2.24, 2.45) is 5.73 Å². The third kappa shape index (κ3) is 2.62. The molecule has 2 aromatic heterocycles. The summed E-state index contributed by atoms with van der Waals surface area (Å²) in [7, 11) is 0. The predicted molar refractivity (Wildman–Crippen MR) is 65.7 cm³/mol. The van der Waals surface area contributed by atoms with Gasteiger partial charge in [0.25, 0.3) is 0 Å². The van der Waals surface area contributed by atoms with Gasteiger partial charge in [0.1, 0.15) is 5.01 Å². The van der Waals surface area contributed by atoms with Gasteiger partial charge in [0.2, 0.25) is 5.89 Å². The van der Waals surface area contributed by atoms with Crippen LogP contribution in [0.5, 0.6) is 0 Å². The molecule has 1 atom stereocenters. The molecule has 1 unspecified atom stereocenters. The van der Waals surface area contributed by atoms with E-state index in [2.05, 4.69) is 20.5 Å². The lowest BCUT2D eigenvalue weighted by molar-refractivity contribution is 0.456. The predicted octanol–water partition coefficient (Wildman–Crippen LogP) is 1.89. The Morgan fingerprint density at radius 2 is 2.24 bits per heavy atom. The van der Waals surface area contributed by atoms with Gasteiger partial charge < -0.3 is 15.5 Å². The molecule has 2 heterocycles. The average molecular weight is 253 g/mol. The van der Waals surface area contributed by atoms with Crippen molar-refractivity contribution in [2.75, 3.05) is 5.32 Å². The SMILES string of the molecule is CC(N)c1nnc(NC(C)(C)c2nccs2)o1. The summed E-state index contributed by atoms with van der Waals surface area (Å²) in [5.74, 6) is 0.419. The molecule has 0 spiro atoms.